The monoisotopic (exact) mass is 308 g/mol. The van der Waals surface area contributed by atoms with Gasteiger partial charge in [0.05, 0.1) is 10.9 Å². The molecule has 108 valence electrons. The van der Waals surface area contributed by atoms with Crippen molar-refractivity contribution in [2.24, 2.45) is 11.7 Å². The first kappa shape index (κ1) is 15.3. The Kier molecular flexibility index (Phi) is 5.86. The third kappa shape index (κ3) is 4.49. The number of carbonyl (C=O) groups excluding carboxylic acids is 1. The molecule has 0 bridgehead atoms. The maximum atomic E-state index is 12.4. The van der Waals surface area contributed by atoms with Crippen LogP contribution in [-0.4, -0.2) is 28.4 Å². The van der Waals surface area contributed by atoms with Crippen molar-refractivity contribution in [3.05, 3.63) is 35.9 Å². The van der Waals surface area contributed by atoms with Gasteiger partial charge in [-0.2, -0.15) is 11.8 Å². The summed E-state index contributed by atoms with van der Waals surface area (Å²) in [7, 11) is 0. The quantitative estimate of drug-likeness (QED) is 0.818. The first-order valence-corrected chi connectivity index (χ1v) is 8.44. The lowest BCUT2D eigenvalue weighted by Crippen LogP contribution is -2.45. The lowest BCUT2D eigenvalue weighted by molar-refractivity contribution is -0.123. The molecule has 0 aliphatic carbocycles. The van der Waals surface area contributed by atoms with Crippen LogP contribution in [0.25, 0.3) is 0 Å². The molecular formula is C15H20N2OS2. The van der Waals surface area contributed by atoms with E-state index in [-0.39, 0.29) is 16.9 Å². The Balaban J connectivity index is 1.97. The van der Waals surface area contributed by atoms with Crippen LogP contribution in [0.15, 0.2) is 30.3 Å². The Morgan fingerprint density at radius 3 is 2.80 bits per heavy atom. The number of hydrogen-bond donors (Lipinski definition) is 2. The maximum Gasteiger partial charge on any atom is 0.230 e. The molecule has 0 radical (unpaired) electrons. The van der Waals surface area contributed by atoms with Gasteiger partial charge in [-0.05, 0) is 30.6 Å². The molecule has 2 unspecified atom stereocenters. The smallest absolute Gasteiger partial charge is 0.230 e. The molecular weight excluding hydrogens is 288 g/mol. The van der Waals surface area contributed by atoms with Gasteiger partial charge in [0.25, 0.3) is 0 Å². The molecule has 5 heteroatoms. The molecule has 1 saturated heterocycles. The second-order valence-electron chi connectivity index (χ2n) is 5.07. The summed E-state index contributed by atoms with van der Waals surface area (Å²) in [6.07, 6.45) is 2.78. The van der Waals surface area contributed by atoms with Crippen molar-refractivity contribution in [3.8, 4) is 0 Å². The minimum absolute atomic E-state index is 0.0335. The van der Waals surface area contributed by atoms with E-state index >= 15 is 0 Å². The zero-order valence-corrected chi connectivity index (χ0v) is 13.0. The zero-order valence-electron chi connectivity index (χ0n) is 11.4. The van der Waals surface area contributed by atoms with Crippen molar-refractivity contribution in [1.29, 1.82) is 0 Å². The van der Waals surface area contributed by atoms with Crippen molar-refractivity contribution in [1.82, 2.24) is 5.32 Å². The van der Waals surface area contributed by atoms with Gasteiger partial charge in [0, 0.05) is 11.8 Å². The van der Waals surface area contributed by atoms with E-state index < -0.39 is 5.92 Å². The number of thiocarbonyl (C=S) groups is 1. The van der Waals surface area contributed by atoms with E-state index in [2.05, 4.69) is 5.32 Å². The molecule has 2 atom stereocenters. The standard InChI is InChI=1S/C15H20N2OS2/c16-14(19)13(9-11-5-2-1-3-6-11)15(18)17-12-7-4-8-20-10-12/h1-3,5-6,12-13H,4,7-10H2,(H2,16,19)(H,17,18). The third-order valence-electron chi connectivity index (χ3n) is 3.45. The molecule has 1 aromatic carbocycles. The van der Waals surface area contributed by atoms with Gasteiger partial charge in [-0.25, -0.2) is 0 Å². The molecule has 20 heavy (non-hydrogen) atoms. The van der Waals surface area contributed by atoms with Crippen LogP contribution in [0.1, 0.15) is 18.4 Å². The summed E-state index contributed by atoms with van der Waals surface area (Å²) in [6.45, 7) is 0. The van der Waals surface area contributed by atoms with Crippen LogP contribution in [0.5, 0.6) is 0 Å². The van der Waals surface area contributed by atoms with E-state index in [1.165, 1.54) is 5.75 Å². The summed E-state index contributed by atoms with van der Waals surface area (Å²) in [4.78, 5) is 12.6. The fourth-order valence-corrected chi connectivity index (χ4v) is 3.59. The number of carbonyl (C=O) groups is 1. The highest BCUT2D eigenvalue weighted by Gasteiger charge is 2.25. The van der Waals surface area contributed by atoms with E-state index in [4.69, 9.17) is 18.0 Å². The molecule has 1 heterocycles. The predicted molar refractivity (Wildman–Crippen MR) is 88.9 cm³/mol. The minimum Gasteiger partial charge on any atom is -0.393 e. The third-order valence-corrected chi connectivity index (χ3v) is 4.95. The van der Waals surface area contributed by atoms with Gasteiger partial charge in [-0.1, -0.05) is 42.5 Å². The highest BCUT2D eigenvalue weighted by atomic mass is 32.2. The van der Waals surface area contributed by atoms with Crippen LogP contribution in [0.4, 0.5) is 0 Å². The number of hydrogen-bond acceptors (Lipinski definition) is 3. The van der Waals surface area contributed by atoms with Gasteiger partial charge >= 0.3 is 0 Å². The number of thioether (sulfide) groups is 1. The average Bonchev–Trinajstić information content (AvgIpc) is 2.46. The lowest BCUT2D eigenvalue weighted by atomic mass is 9.98. The predicted octanol–water partition coefficient (Wildman–Crippen LogP) is 2.14. The van der Waals surface area contributed by atoms with Crippen LogP contribution in [-0.2, 0) is 11.2 Å². The van der Waals surface area contributed by atoms with Gasteiger partial charge in [0.2, 0.25) is 5.91 Å². The van der Waals surface area contributed by atoms with E-state index in [1.807, 2.05) is 42.1 Å². The topological polar surface area (TPSA) is 55.1 Å². The highest BCUT2D eigenvalue weighted by Crippen LogP contribution is 2.18. The van der Waals surface area contributed by atoms with E-state index in [0.717, 1.165) is 24.2 Å². The summed E-state index contributed by atoms with van der Waals surface area (Å²) < 4.78 is 0. The molecule has 1 aliphatic heterocycles. The molecule has 3 nitrogen and oxygen atoms in total. The Labute approximate surface area is 129 Å². The summed E-state index contributed by atoms with van der Waals surface area (Å²) in [6, 6.07) is 10.1. The number of nitrogens with two attached hydrogens (primary N) is 1. The van der Waals surface area contributed by atoms with Gasteiger partial charge in [-0.15, -0.1) is 0 Å². The Morgan fingerprint density at radius 1 is 1.45 bits per heavy atom. The molecule has 1 aromatic rings. The van der Waals surface area contributed by atoms with Crippen molar-refractivity contribution in [3.63, 3.8) is 0 Å². The molecule has 3 N–H and O–H groups in total. The van der Waals surface area contributed by atoms with Gasteiger partial charge in [0.1, 0.15) is 0 Å². The summed E-state index contributed by atoms with van der Waals surface area (Å²) in [5.74, 6) is 1.73. The van der Waals surface area contributed by atoms with E-state index in [9.17, 15) is 4.79 Å². The minimum atomic E-state index is -0.417. The van der Waals surface area contributed by atoms with Gasteiger partial charge in [-0.3, -0.25) is 4.79 Å². The Bertz CT molecular complexity index is 458. The summed E-state index contributed by atoms with van der Waals surface area (Å²) >= 11 is 6.96. The van der Waals surface area contributed by atoms with E-state index in [1.54, 1.807) is 0 Å². The summed E-state index contributed by atoms with van der Waals surface area (Å²) in [5.41, 5.74) is 6.84. The summed E-state index contributed by atoms with van der Waals surface area (Å²) in [5, 5.41) is 3.09. The Morgan fingerprint density at radius 2 is 2.20 bits per heavy atom. The van der Waals surface area contributed by atoms with Crippen LogP contribution < -0.4 is 11.1 Å². The molecule has 1 fully saturated rings. The number of amides is 1. The van der Waals surface area contributed by atoms with Crippen LogP contribution >= 0.6 is 24.0 Å². The molecule has 1 aliphatic rings. The van der Waals surface area contributed by atoms with Crippen molar-refractivity contribution in [2.45, 2.75) is 25.3 Å². The molecule has 0 spiro atoms. The van der Waals surface area contributed by atoms with Crippen molar-refractivity contribution in [2.75, 3.05) is 11.5 Å². The molecule has 2 rings (SSSR count). The normalized spacial score (nSPS) is 20.1. The maximum absolute atomic E-state index is 12.4. The number of rotatable bonds is 5. The first-order valence-electron chi connectivity index (χ1n) is 6.88. The average molecular weight is 308 g/mol. The van der Waals surface area contributed by atoms with Crippen LogP contribution in [0, 0.1) is 5.92 Å². The lowest BCUT2D eigenvalue weighted by Gasteiger charge is -2.25. The Hall–Kier alpha value is -1.07. The van der Waals surface area contributed by atoms with Crippen LogP contribution in [0.3, 0.4) is 0 Å². The molecule has 1 amide bonds. The highest BCUT2D eigenvalue weighted by molar-refractivity contribution is 7.99. The van der Waals surface area contributed by atoms with Gasteiger partial charge < -0.3 is 11.1 Å². The second kappa shape index (κ2) is 7.64. The van der Waals surface area contributed by atoms with Crippen molar-refractivity contribution >= 4 is 34.9 Å². The largest absolute Gasteiger partial charge is 0.393 e. The molecule has 0 saturated carbocycles. The fourth-order valence-electron chi connectivity index (χ4n) is 2.33. The SMILES string of the molecule is NC(=S)C(Cc1ccccc1)C(=O)NC1CCCSC1. The zero-order chi connectivity index (χ0) is 14.4. The van der Waals surface area contributed by atoms with E-state index in [0.29, 0.717) is 6.42 Å². The van der Waals surface area contributed by atoms with Crippen LogP contribution in [0.2, 0.25) is 0 Å². The van der Waals surface area contributed by atoms with Crippen molar-refractivity contribution < 1.29 is 4.79 Å². The number of nitrogens with one attached hydrogen (secondary N) is 1. The first-order chi connectivity index (χ1) is 9.66. The molecule has 0 aromatic heterocycles. The second-order valence-corrected chi connectivity index (χ2v) is 6.69. The van der Waals surface area contributed by atoms with Gasteiger partial charge in [0.15, 0.2) is 0 Å². The fraction of sp³-hybridized carbons (Fsp3) is 0.467. The number of benzene rings is 1.